The molecule has 1 aliphatic heterocycles. The summed E-state index contributed by atoms with van der Waals surface area (Å²) in [4.78, 5) is 18.3. The van der Waals surface area contributed by atoms with E-state index in [9.17, 15) is 4.79 Å². The van der Waals surface area contributed by atoms with Crippen LogP contribution in [0.15, 0.2) is 4.99 Å². The number of aliphatic imine (C=N–C) groups is 1. The summed E-state index contributed by atoms with van der Waals surface area (Å²) in [6, 6.07) is 0. The normalized spacial score (nSPS) is 17.7. The summed E-state index contributed by atoms with van der Waals surface area (Å²) in [7, 11) is 0. The number of rotatable bonds is 4. The van der Waals surface area contributed by atoms with Crippen molar-refractivity contribution in [3.8, 4) is 0 Å². The number of nitrogens with one attached hydrogen (secondary N) is 1. The standard InChI is InChI=1S/C13H26N4O/c1-4-15-11(18)13(2,3)10-16-12(14)17-8-6-5-7-9-17/h4-10H2,1-3H3,(H2,14,16)(H,15,18). The highest BCUT2D eigenvalue weighted by Gasteiger charge is 2.27. The Morgan fingerprint density at radius 2 is 1.94 bits per heavy atom. The van der Waals surface area contributed by atoms with Gasteiger partial charge in [0.1, 0.15) is 0 Å². The third-order valence-corrected chi connectivity index (χ3v) is 3.27. The van der Waals surface area contributed by atoms with Gasteiger partial charge in [0.15, 0.2) is 5.96 Å². The number of hydrogen-bond donors (Lipinski definition) is 2. The van der Waals surface area contributed by atoms with Crippen molar-refractivity contribution in [2.45, 2.75) is 40.0 Å². The summed E-state index contributed by atoms with van der Waals surface area (Å²) in [5.74, 6) is 0.604. The second-order valence-corrected chi connectivity index (χ2v) is 5.47. The number of carbonyl (C=O) groups excluding carboxylic acids is 1. The van der Waals surface area contributed by atoms with Crippen LogP contribution >= 0.6 is 0 Å². The van der Waals surface area contributed by atoms with Gasteiger partial charge in [-0.2, -0.15) is 0 Å². The lowest BCUT2D eigenvalue weighted by Gasteiger charge is -2.28. The largest absolute Gasteiger partial charge is 0.370 e. The molecule has 1 amide bonds. The van der Waals surface area contributed by atoms with Crippen molar-refractivity contribution in [1.29, 1.82) is 0 Å². The van der Waals surface area contributed by atoms with Crippen molar-refractivity contribution in [2.75, 3.05) is 26.2 Å². The number of likely N-dealkylation sites (tertiary alicyclic amines) is 1. The van der Waals surface area contributed by atoms with Crippen molar-refractivity contribution >= 4 is 11.9 Å². The Labute approximate surface area is 110 Å². The van der Waals surface area contributed by atoms with Crippen LogP contribution in [0.1, 0.15) is 40.0 Å². The van der Waals surface area contributed by atoms with E-state index in [1.165, 1.54) is 19.3 Å². The molecule has 0 aromatic heterocycles. The number of hydrogen-bond acceptors (Lipinski definition) is 2. The molecule has 0 bridgehead atoms. The average Bonchev–Trinajstić information content (AvgIpc) is 2.37. The lowest BCUT2D eigenvalue weighted by molar-refractivity contribution is -0.128. The monoisotopic (exact) mass is 254 g/mol. The molecular formula is C13H26N4O. The summed E-state index contributed by atoms with van der Waals surface area (Å²) in [5.41, 5.74) is 5.47. The van der Waals surface area contributed by atoms with E-state index in [2.05, 4.69) is 15.2 Å². The number of guanidine groups is 1. The minimum absolute atomic E-state index is 0.0280. The number of amides is 1. The van der Waals surface area contributed by atoms with E-state index >= 15 is 0 Å². The highest BCUT2D eigenvalue weighted by atomic mass is 16.2. The van der Waals surface area contributed by atoms with Gasteiger partial charge in [-0.25, -0.2) is 0 Å². The Balaban J connectivity index is 2.52. The molecule has 1 saturated heterocycles. The van der Waals surface area contributed by atoms with Crippen molar-refractivity contribution in [2.24, 2.45) is 16.1 Å². The maximum absolute atomic E-state index is 11.8. The van der Waals surface area contributed by atoms with Crippen molar-refractivity contribution in [3.63, 3.8) is 0 Å². The average molecular weight is 254 g/mol. The van der Waals surface area contributed by atoms with Gasteiger partial charge in [0.2, 0.25) is 5.91 Å². The zero-order valence-electron chi connectivity index (χ0n) is 11.8. The number of nitrogens with two attached hydrogens (primary N) is 1. The molecule has 0 spiro atoms. The molecule has 0 aromatic carbocycles. The van der Waals surface area contributed by atoms with E-state index in [1.54, 1.807) is 0 Å². The molecule has 1 aliphatic rings. The van der Waals surface area contributed by atoms with Crippen LogP contribution in [0.3, 0.4) is 0 Å². The van der Waals surface area contributed by atoms with Crippen LogP contribution < -0.4 is 11.1 Å². The zero-order chi connectivity index (χ0) is 13.6. The van der Waals surface area contributed by atoms with Gasteiger partial charge in [-0.3, -0.25) is 9.79 Å². The molecule has 1 heterocycles. The van der Waals surface area contributed by atoms with Gasteiger partial charge < -0.3 is 16.0 Å². The van der Waals surface area contributed by atoms with Crippen LogP contribution in [-0.2, 0) is 4.79 Å². The van der Waals surface area contributed by atoms with E-state index < -0.39 is 5.41 Å². The fourth-order valence-electron chi connectivity index (χ4n) is 1.97. The van der Waals surface area contributed by atoms with Crippen LogP contribution in [0.5, 0.6) is 0 Å². The summed E-state index contributed by atoms with van der Waals surface area (Å²) < 4.78 is 0. The van der Waals surface area contributed by atoms with Crippen LogP contribution in [-0.4, -0.2) is 42.9 Å². The van der Waals surface area contributed by atoms with Crippen LogP contribution in [0.2, 0.25) is 0 Å². The molecule has 5 heteroatoms. The van der Waals surface area contributed by atoms with Crippen LogP contribution in [0.25, 0.3) is 0 Å². The molecular weight excluding hydrogens is 228 g/mol. The van der Waals surface area contributed by atoms with Gasteiger partial charge >= 0.3 is 0 Å². The highest BCUT2D eigenvalue weighted by molar-refractivity contribution is 5.83. The lowest BCUT2D eigenvalue weighted by Crippen LogP contribution is -2.43. The predicted molar refractivity (Wildman–Crippen MR) is 74.4 cm³/mol. The molecule has 0 atom stereocenters. The number of piperidine rings is 1. The first-order valence-corrected chi connectivity index (χ1v) is 6.80. The molecule has 0 unspecified atom stereocenters. The molecule has 0 radical (unpaired) electrons. The summed E-state index contributed by atoms with van der Waals surface area (Å²) >= 11 is 0. The van der Waals surface area contributed by atoms with Crippen LogP contribution in [0.4, 0.5) is 0 Å². The molecule has 3 N–H and O–H groups in total. The Bertz CT molecular complexity index is 306. The van der Waals surface area contributed by atoms with E-state index in [1.807, 2.05) is 20.8 Å². The summed E-state index contributed by atoms with van der Waals surface area (Å²) in [6.45, 7) is 8.75. The Kier molecular flexibility index (Phi) is 5.44. The molecule has 0 aliphatic carbocycles. The Morgan fingerprint density at radius 1 is 1.33 bits per heavy atom. The minimum atomic E-state index is -0.504. The molecule has 1 fully saturated rings. The maximum Gasteiger partial charge on any atom is 0.227 e. The topological polar surface area (TPSA) is 70.7 Å². The molecule has 5 nitrogen and oxygen atoms in total. The van der Waals surface area contributed by atoms with Gasteiger partial charge in [-0.15, -0.1) is 0 Å². The van der Waals surface area contributed by atoms with E-state index in [0.29, 0.717) is 19.0 Å². The van der Waals surface area contributed by atoms with Crippen molar-refractivity contribution in [3.05, 3.63) is 0 Å². The quantitative estimate of drug-likeness (QED) is 0.579. The van der Waals surface area contributed by atoms with Gasteiger partial charge in [0.05, 0.1) is 12.0 Å². The second-order valence-electron chi connectivity index (χ2n) is 5.47. The van der Waals surface area contributed by atoms with Crippen molar-refractivity contribution in [1.82, 2.24) is 10.2 Å². The lowest BCUT2D eigenvalue weighted by atomic mass is 9.92. The van der Waals surface area contributed by atoms with E-state index in [0.717, 1.165) is 13.1 Å². The van der Waals surface area contributed by atoms with E-state index in [4.69, 9.17) is 5.73 Å². The number of nitrogens with zero attached hydrogens (tertiary/aromatic N) is 2. The first-order valence-electron chi connectivity index (χ1n) is 6.80. The summed E-state index contributed by atoms with van der Waals surface area (Å²) in [6.07, 6.45) is 3.63. The SMILES string of the molecule is CCNC(=O)C(C)(C)CN=C(N)N1CCCCC1. The highest BCUT2D eigenvalue weighted by Crippen LogP contribution is 2.16. The smallest absolute Gasteiger partial charge is 0.227 e. The van der Waals surface area contributed by atoms with Gasteiger partial charge in [0.25, 0.3) is 0 Å². The van der Waals surface area contributed by atoms with Gasteiger partial charge in [-0.1, -0.05) is 0 Å². The van der Waals surface area contributed by atoms with Gasteiger partial charge in [-0.05, 0) is 40.0 Å². The summed E-state index contributed by atoms with van der Waals surface area (Å²) in [5, 5.41) is 2.83. The third-order valence-electron chi connectivity index (χ3n) is 3.27. The van der Waals surface area contributed by atoms with Crippen molar-refractivity contribution < 1.29 is 4.79 Å². The zero-order valence-corrected chi connectivity index (χ0v) is 11.8. The Hall–Kier alpha value is -1.26. The second kappa shape index (κ2) is 6.61. The molecule has 18 heavy (non-hydrogen) atoms. The molecule has 1 rings (SSSR count). The number of carbonyl (C=O) groups is 1. The van der Waals surface area contributed by atoms with E-state index in [-0.39, 0.29) is 5.91 Å². The first kappa shape index (κ1) is 14.8. The Morgan fingerprint density at radius 3 is 2.50 bits per heavy atom. The third kappa shape index (κ3) is 4.20. The maximum atomic E-state index is 11.8. The fraction of sp³-hybridized carbons (Fsp3) is 0.846. The van der Waals surface area contributed by atoms with Crippen LogP contribution in [0, 0.1) is 5.41 Å². The molecule has 0 aromatic rings. The van der Waals surface area contributed by atoms with Gasteiger partial charge in [0, 0.05) is 19.6 Å². The first-order chi connectivity index (χ1) is 8.47. The molecule has 104 valence electrons. The fourth-order valence-corrected chi connectivity index (χ4v) is 1.97. The molecule has 0 saturated carbocycles. The minimum Gasteiger partial charge on any atom is -0.370 e. The predicted octanol–water partition coefficient (Wildman–Crippen LogP) is 0.949.